The van der Waals surface area contributed by atoms with Gasteiger partial charge in [-0.3, -0.25) is 4.79 Å². The highest BCUT2D eigenvalue weighted by Gasteiger charge is 2.45. The number of hydrogen-bond acceptors (Lipinski definition) is 4. The molecule has 0 radical (unpaired) electrons. The molecule has 21 heavy (non-hydrogen) atoms. The van der Waals surface area contributed by atoms with Gasteiger partial charge in [0, 0.05) is 18.7 Å². The summed E-state index contributed by atoms with van der Waals surface area (Å²) in [4.78, 5) is 25.6. The van der Waals surface area contributed by atoms with E-state index in [1.165, 1.54) is 12.1 Å². The lowest BCUT2D eigenvalue weighted by molar-refractivity contribution is -0.0551. The molecule has 0 bridgehead atoms. The number of ether oxygens (including phenoxy) is 2. The first-order valence-corrected chi connectivity index (χ1v) is 6.93. The zero-order chi connectivity index (χ0) is 14.9. The van der Waals surface area contributed by atoms with Gasteiger partial charge in [-0.05, 0) is 24.6 Å². The van der Waals surface area contributed by atoms with E-state index in [9.17, 15) is 9.59 Å². The second-order valence-electron chi connectivity index (χ2n) is 5.42. The Bertz CT molecular complexity index is 565. The third-order valence-corrected chi connectivity index (χ3v) is 4.09. The highest BCUT2D eigenvalue weighted by atomic mass is 16.5. The third-order valence-electron chi connectivity index (χ3n) is 4.09. The highest BCUT2D eigenvalue weighted by Crippen LogP contribution is 2.30. The predicted octanol–water partition coefficient (Wildman–Crippen LogP) is 1.02. The van der Waals surface area contributed by atoms with Crippen LogP contribution in [0.3, 0.4) is 0 Å². The lowest BCUT2D eigenvalue weighted by Crippen LogP contribution is -2.59. The summed E-state index contributed by atoms with van der Waals surface area (Å²) in [6, 6.07) is 6.14. The number of amides is 1. The summed E-state index contributed by atoms with van der Waals surface area (Å²) in [5.74, 6) is -1.20. The molecular weight excluding hydrogens is 274 g/mol. The van der Waals surface area contributed by atoms with E-state index in [4.69, 9.17) is 14.6 Å². The van der Waals surface area contributed by atoms with Gasteiger partial charge in [0.1, 0.15) is 0 Å². The first kappa shape index (κ1) is 14.0. The molecule has 1 N–H and O–H groups in total. The van der Waals surface area contributed by atoms with Crippen LogP contribution in [0.2, 0.25) is 0 Å². The quantitative estimate of drug-likeness (QED) is 0.880. The van der Waals surface area contributed by atoms with Crippen LogP contribution in [0.15, 0.2) is 24.3 Å². The van der Waals surface area contributed by atoms with Crippen molar-refractivity contribution in [3.05, 3.63) is 35.4 Å². The first-order chi connectivity index (χ1) is 10.1. The molecule has 1 amide bonds. The summed E-state index contributed by atoms with van der Waals surface area (Å²) >= 11 is 0. The number of carboxylic acid groups (broad SMARTS) is 1. The maximum atomic E-state index is 12.8. The van der Waals surface area contributed by atoms with Gasteiger partial charge in [-0.1, -0.05) is 6.07 Å². The molecule has 1 aromatic carbocycles. The van der Waals surface area contributed by atoms with Crippen molar-refractivity contribution in [1.82, 2.24) is 4.90 Å². The first-order valence-electron chi connectivity index (χ1n) is 6.93. The fourth-order valence-electron chi connectivity index (χ4n) is 2.91. The van der Waals surface area contributed by atoms with Crippen molar-refractivity contribution in [2.75, 3.05) is 33.0 Å². The molecule has 6 heteroatoms. The van der Waals surface area contributed by atoms with Crippen molar-refractivity contribution in [3.8, 4) is 0 Å². The van der Waals surface area contributed by atoms with Crippen molar-refractivity contribution in [2.45, 2.75) is 12.0 Å². The number of benzene rings is 1. The molecule has 2 fully saturated rings. The summed E-state index contributed by atoms with van der Waals surface area (Å²) in [7, 11) is 0. The van der Waals surface area contributed by atoms with Crippen LogP contribution in [0.4, 0.5) is 0 Å². The van der Waals surface area contributed by atoms with Crippen LogP contribution in [0, 0.1) is 0 Å². The molecule has 2 heterocycles. The van der Waals surface area contributed by atoms with Crippen molar-refractivity contribution >= 4 is 11.9 Å². The Morgan fingerprint density at radius 1 is 1.14 bits per heavy atom. The van der Waals surface area contributed by atoms with Gasteiger partial charge >= 0.3 is 5.97 Å². The van der Waals surface area contributed by atoms with Gasteiger partial charge in [0.25, 0.3) is 5.91 Å². The minimum absolute atomic E-state index is 0.117. The molecule has 1 spiro atoms. The Balaban J connectivity index is 1.89. The van der Waals surface area contributed by atoms with Crippen LogP contribution >= 0.6 is 0 Å². The summed E-state index contributed by atoms with van der Waals surface area (Å²) in [5, 5.41) is 9.04. The number of carboxylic acids is 1. The molecule has 0 aliphatic carbocycles. The fourth-order valence-corrected chi connectivity index (χ4v) is 2.91. The van der Waals surface area contributed by atoms with Crippen LogP contribution < -0.4 is 0 Å². The topological polar surface area (TPSA) is 76.1 Å². The van der Waals surface area contributed by atoms with Crippen LogP contribution in [0.5, 0.6) is 0 Å². The second kappa shape index (κ2) is 5.46. The third kappa shape index (κ3) is 2.52. The van der Waals surface area contributed by atoms with Gasteiger partial charge in [0.2, 0.25) is 0 Å². The zero-order valence-electron chi connectivity index (χ0n) is 11.6. The number of aromatic carboxylic acids is 1. The van der Waals surface area contributed by atoms with Gasteiger partial charge < -0.3 is 19.5 Å². The minimum Gasteiger partial charge on any atom is -0.478 e. The van der Waals surface area contributed by atoms with Crippen molar-refractivity contribution in [3.63, 3.8) is 0 Å². The van der Waals surface area contributed by atoms with Crippen LogP contribution in [-0.4, -0.2) is 60.4 Å². The molecule has 0 saturated carbocycles. The SMILES string of the molecule is O=C(O)c1cccc(C(=O)N2CCOCC23CCOC3)c1. The number of carbonyl (C=O) groups is 2. The smallest absolute Gasteiger partial charge is 0.335 e. The molecule has 2 aliphatic heterocycles. The van der Waals surface area contributed by atoms with Gasteiger partial charge in [-0.25, -0.2) is 4.79 Å². The van der Waals surface area contributed by atoms with Gasteiger partial charge in [0.15, 0.2) is 0 Å². The Labute approximate surface area is 122 Å². The Kier molecular flexibility index (Phi) is 3.65. The van der Waals surface area contributed by atoms with Gasteiger partial charge in [0.05, 0.1) is 30.9 Å². The molecular formula is C15H17NO5. The highest BCUT2D eigenvalue weighted by molar-refractivity contribution is 5.98. The number of morpholine rings is 1. The summed E-state index contributed by atoms with van der Waals surface area (Å²) in [6.07, 6.45) is 0.747. The predicted molar refractivity (Wildman–Crippen MR) is 73.4 cm³/mol. The average Bonchev–Trinajstić information content (AvgIpc) is 2.96. The van der Waals surface area contributed by atoms with Crippen molar-refractivity contribution in [2.24, 2.45) is 0 Å². The van der Waals surface area contributed by atoms with Crippen LogP contribution in [0.25, 0.3) is 0 Å². The molecule has 2 saturated heterocycles. The minimum atomic E-state index is -1.04. The summed E-state index contributed by atoms with van der Waals surface area (Å²) in [5.41, 5.74) is 0.100. The summed E-state index contributed by atoms with van der Waals surface area (Å²) in [6.45, 7) is 2.54. The van der Waals surface area contributed by atoms with Crippen molar-refractivity contribution < 1.29 is 24.2 Å². The van der Waals surface area contributed by atoms with E-state index in [1.807, 2.05) is 0 Å². The molecule has 112 valence electrons. The van der Waals surface area contributed by atoms with E-state index < -0.39 is 11.5 Å². The molecule has 1 atom stereocenters. The van der Waals surface area contributed by atoms with Gasteiger partial charge in [-0.15, -0.1) is 0 Å². The fraction of sp³-hybridized carbons (Fsp3) is 0.467. The van der Waals surface area contributed by atoms with Crippen molar-refractivity contribution in [1.29, 1.82) is 0 Å². The standard InChI is InChI=1S/C15H17NO5/c17-13(11-2-1-3-12(8-11)14(18)19)16-5-7-21-10-15(16)4-6-20-9-15/h1-3,8H,4-7,9-10H2,(H,18,19). The number of nitrogens with zero attached hydrogens (tertiary/aromatic N) is 1. The maximum absolute atomic E-state index is 12.8. The number of carbonyl (C=O) groups excluding carboxylic acids is 1. The van der Waals surface area contributed by atoms with E-state index in [1.54, 1.807) is 17.0 Å². The lowest BCUT2D eigenvalue weighted by Gasteiger charge is -2.43. The Morgan fingerprint density at radius 3 is 2.57 bits per heavy atom. The largest absolute Gasteiger partial charge is 0.478 e. The molecule has 1 aromatic rings. The van der Waals surface area contributed by atoms with E-state index in [2.05, 4.69) is 0 Å². The summed E-state index contributed by atoms with van der Waals surface area (Å²) < 4.78 is 11.0. The van der Waals surface area contributed by atoms with Crippen LogP contribution in [0.1, 0.15) is 27.1 Å². The zero-order valence-corrected chi connectivity index (χ0v) is 11.6. The van der Waals surface area contributed by atoms with Gasteiger partial charge in [-0.2, -0.15) is 0 Å². The molecule has 3 rings (SSSR count). The molecule has 6 nitrogen and oxygen atoms in total. The van der Waals surface area contributed by atoms with E-state index in [-0.39, 0.29) is 11.5 Å². The number of hydrogen-bond donors (Lipinski definition) is 1. The Morgan fingerprint density at radius 2 is 1.86 bits per heavy atom. The van der Waals surface area contributed by atoms with E-state index in [0.717, 1.165) is 6.42 Å². The monoisotopic (exact) mass is 291 g/mol. The second-order valence-corrected chi connectivity index (χ2v) is 5.42. The normalized spacial score (nSPS) is 25.2. The molecule has 0 aromatic heterocycles. The van der Waals surface area contributed by atoms with Crippen LogP contribution in [-0.2, 0) is 9.47 Å². The maximum Gasteiger partial charge on any atom is 0.335 e. The Hall–Kier alpha value is -1.92. The average molecular weight is 291 g/mol. The molecule has 2 aliphatic rings. The van der Waals surface area contributed by atoms with E-state index >= 15 is 0 Å². The lowest BCUT2D eigenvalue weighted by atomic mass is 9.94. The molecule has 1 unspecified atom stereocenters. The van der Waals surface area contributed by atoms with E-state index in [0.29, 0.717) is 38.5 Å². The number of rotatable bonds is 2.